The fourth-order valence-electron chi connectivity index (χ4n) is 5.54. The highest BCUT2D eigenvalue weighted by Crippen LogP contribution is 2.37. The van der Waals surface area contributed by atoms with E-state index in [1.54, 1.807) is 10.6 Å². The number of sulfonamides is 1. The highest BCUT2D eigenvalue weighted by molar-refractivity contribution is 7.92. The maximum Gasteiger partial charge on any atom is 0.275 e. The molecule has 172 valence electrons. The van der Waals surface area contributed by atoms with Crippen LogP contribution in [0.15, 0.2) is 46.1 Å². The summed E-state index contributed by atoms with van der Waals surface area (Å²) in [5.41, 5.74) is 0.858. The van der Waals surface area contributed by atoms with Gasteiger partial charge in [0.05, 0.1) is 4.90 Å². The molecule has 5 rings (SSSR count). The van der Waals surface area contributed by atoms with Gasteiger partial charge in [-0.25, -0.2) is 8.42 Å². The van der Waals surface area contributed by atoms with Crippen LogP contribution in [0.25, 0.3) is 0 Å². The molecule has 0 unspecified atom stereocenters. The Morgan fingerprint density at radius 1 is 1.00 bits per heavy atom. The van der Waals surface area contributed by atoms with Gasteiger partial charge in [0.2, 0.25) is 0 Å². The average Bonchev–Trinajstić information content (AvgIpc) is 2.76. The molecule has 2 fully saturated rings. The number of rotatable bonds is 4. The van der Waals surface area contributed by atoms with Crippen LogP contribution in [0.3, 0.4) is 0 Å². The zero-order valence-electron chi connectivity index (χ0n) is 18.2. The summed E-state index contributed by atoms with van der Waals surface area (Å²) in [4.78, 5) is 18.3. The largest absolute Gasteiger partial charge is 0.310 e. The number of halogens is 1. The molecule has 0 amide bonds. The van der Waals surface area contributed by atoms with Gasteiger partial charge in [-0.1, -0.05) is 11.6 Å². The van der Waals surface area contributed by atoms with Crippen molar-refractivity contribution in [1.29, 1.82) is 0 Å². The zero-order chi connectivity index (χ0) is 22.5. The Hall–Kier alpha value is -1.87. The molecule has 0 aliphatic carbocycles. The lowest BCUT2D eigenvalue weighted by molar-refractivity contribution is 0.0517. The Morgan fingerprint density at radius 3 is 2.44 bits per heavy atom. The van der Waals surface area contributed by atoms with Crippen LogP contribution in [0.2, 0.25) is 5.02 Å². The fourth-order valence-corrected chi connectivity index (χ4v) is 6.72. The average molecular weight is 477 g/mol. The van der Waals surface area contributed by atoms with E-state index < -0.39 is 10.0 Å². The number of hydrogen-bond acceptors (Lipinski definition) is 5. The summed E-state index contributed by atoms with van der Waals surface area (Å²) >= 11 is 5.87. The molecular weight excluding hydrogens is 448 g/mol. The Bertz CT molecular complexity index is 1160. The lowest BCUT2D eigenvalue weighted by Crippen LogP contribution is -2.53. The van der Waals surface area contributed by atoms with E-state index >= 15 is 0 Å². The van der Waals surface area contributed by atoms with Gasteiger partial charge in [-0.15, -0.1) is 0 Å². The van der Waals surface area contributed by atoms with E-state index in [2.05, 4.69) is 21.6 Å². The molecule has 3 aliphatic rings. The molecule has 1 aromatic heterocycles. The summed E-state index contributed by atoms with van der Waals surface area (Å²) in [5.74, 6) is 0.735. The molecule has 1 N–H and O–H groups in total. The van der Waals surface area contributed by atoms with E-state index in [0.717, 1.165) is 38.3 Å². The first-order chi connectivity index (χ1) is 15.3. The van der Waals surface area contributed by atoms with E-state index in [1.165, 1.54) is 37.1 Å². The van der Waals surface area contributed by atoms with Crippen molar-refractivity contribution in [2.24, 2.45) is 5.92 Å². The monoisotopic (exact) mass is 476 g/mol. The maximum atomic E-state index is 13.2. The molecule has 9 heteroatoms. The lowest BCUT2D eigenvalue weighted by atomic mass is 9.82. The van der Waals surface area contributed by atoms with E-state index in [9.17, 15) is 13.2 Å². The van der Waals surface area contributed by atoms with Crippen molar-refractivity contribution in [3.63, 3.8) is 0 Å². The predicted molar refractivity (Wildman–Crippen MR) is 126 cm³/mol. The molecule has 0 spiro atoms. The van der Waals surface area contributed by atoms with Gasteiger partial charge in [-0.2, -0.15) is 0 Å². The molecule has 2 aromatic rings. The van der Waals surface area contributed by atoms with Crippen molar-refractivity contribution in [1.82, 2.24) is 14.4 Å². The molecule has 0 radical (unpaired) electrons. The van der Waals surface area contributed by atoms with Gasteiger partial charge in [-0.3, -0.25) is 14.4 Å². The molecule has 1 aromatic carbocycles. The Balaban J connectivity index is 1.37. The molecule has 2 saturated heterocycles. The smallest absolute Gasteiger partial charge is 0.275 e. The van der Waals surface area contributed by atoms with Crippen LogP contribution >= 0.6 is 11.6 Å². The van der Waals surface area contributed by atoms with Crippen molar-refractivity contribution >= 4 is 27.3 Å². The third kappa shape index (κ3) is 4.21. The van der Waals surface area contributed by atoms with Gasteiger partial charge in [-0.05, 0) is 81.7 Å². The van der Waals surface area contributed by atoms with Crippen LogP contribution in [-0.4, -0.2) is 62.1 Å². The third-order valence-corrected chi connectivity index (χ3v) is 8.84. The van der Waals surface area contributed by atoms with Crippen molar-refractivity contribution in [3.8, 4) is 0 Å². The van der Waals surface area contributed by atoms with Gasteiger partial charge in [0.1, 0.15) is 5.69 Å². The first-order valence-corrected chi connectivity index (χ1v) is 13.1. The number of hydrogen-bond donors (Lipinski definition) is 1. The minimum atomic E-state index is -3.86. The predicted octanol–water partition coefficient (Wildman–Crippen LogP) is 2.82. The van der Waals surface area contributed by atoms with Crippen LogP contribution in [0.4, 0.5) is 5.69 Å². The molecule has 0 saturated carbocycles. The summed E-state index contributed by atoms with van der Waals surface area (Å²) in [7, 11) is -1.68. The Kier molecular flexibility index (Phi) is 5.82. The Labute approximate surface area is 194 Å². The van der Waals surface area contributed by atoms with Crippen molar-refractivity contribution in [2.75, 3.05) is 37.9 Å². The maximum absolute atomic E-state index is 13.2. The molecule has 32 heavy (non-hydrogen) atoms. The minimum Gasteiger partial charge on any atom is -0.310 e. The van der Waals surface area contributed by atoms with Crippen LogP contribution < -0.4 is 10.3 Å². The first kappa shape index (κ1) is 21.9. The number of aromatic nitrogens is 1. The van der Waals surface area contributed by atoms with Crippen molar-refractivity contribution < 1.29 is 8.42 Å². The van der Waals surface area contributed by atoms with E-state index in [0.29, 0.717) is 29.4 Å². The second-order valence-electron chi connectivity index (χ2n) is 9.43. The summed E-state index contributed by atoms with van der Waals surface area (Å²) in [6.45, 7) is 4.91. The lowest BCUT2D eigenvalue weighted by Gasteiger charge is -2.47. The number of fused-ring (bicyclic) bond motifs is 4. The standard InChI is InChI=1S/C23H29ClN4O3S/c1-26-10-8-19(9-11-26)27-13-16-12-17(15-27)22-7-6-21(23(29)28(22)14-16)25-32(30,31)20-4-2-18(24)3-5-20/h2-7,16-17,19,25H,8-15H2,1H3/t16-,17+/m0/s1. The van der Waals surface area contributed by atoms with Gasteiger partial charge < -0.3 is 9.47 Å². The van der Waals surface area contributed by atoms with Crippen molar-refractivity contribution in [3.05, 3.63) is 57.5 Å². The molecule has 2 bridgehead atoms. The number of anilines is 1. The molecule has 3 aliphatic heterocycles. The van der Waals surface area contributed by atoms with Crippen LogP contribution in [0.5, 0.6) is 0 Å². The molecule has 7 nitrogen and oxygen atoms in total. The molecule has 2 atom stereocenters. The quantitative estimate of drug-likeness (QED) is 0.734. The number of piperidine rings is 2. The second-order valence-corrected chi connectivity index (χ2v) is 11.6. The molecular formula is C23H29ClN4O3S. The zero-order valence-corrected chi connectivity index (χ0v) is 19.8. The van der Waals surface area contributed by atoms with E-state index in [1.807, 2.05) is 6.07 Å². The summed E-state index contributed by atoms with van der Waals surface area (Å²) in [6.07, 6.45) is 3.50. The van der Waals surface area contributed by atoms with E-state index in [4.69, 9.17) is 11.6 Å². The first-order valence-electron chi connectivity index (χ1n) is 11.2. The number of nitrogens with one attached hydrogen (secondary N) is 1. The number of likely N-dealkylation sites (tertiary alicyclic amines) is 2. The number of nitrogens with zero attached hydrogens (tertiary/aromatic N) is 3. The topological polar surface area (TPSA) is 74.7 Å². The highest BCUT2D eigenvalue weighted by atomic mass is 35.5. The van der Waals surface area contributed by atoms with Crippen LogP contribution in [0.1, 0.15) is 30.9 Å². The summed E-state index contributed by atoms with van der Waals surface area (Å²) in [5, 5.41) is 0.457. The minimum absolute atomic E-state index is 0.0784. The van der Waals surface area contributed by atoms with Crippen LogP contribution in [0, 0.1) is 5.92 Å². The second kappa shape index (κ2) is 8.48. The van der Waals surface area contributed by atoms with Gasteiger partial charge in [0.25, 0.3) is 15.6 Å². The normalized spacial score (nSPS) is 24.8. The SMILES string of the molecule is CN1CCC(N2C[C@@H]3C[C@H](C2)c2ccc(NS(=O)(=O)c4ccc(Cl)cc4)c(=O)n2C3)CC1. The van der Waals surface area contributed by atoms with Crippen LogP contribution in [-0.2, 0) is 16.6 Å². The fraction of sp³-hybridized carbons (Fsp3) is 0.522. The third-order valence-electron chi connectivity index (χ3n) is 7.21. The number of pyridine rings is 1. The van der Waals surface area contributed by atoms with Gasteiger partial charge in [0, 0.05) is 42.3 Å². The van der Waals surface area contributed by atoms with Crippen molar-refractivity contribution in [2.45, 2.75) is 42.7 Å². The summed E-state index contributed by atoms with van der Waals surface area (Å²) < 4.78 is 29.8. The van der Waals surface area contributed by atoms with Gasteiger partial charge in [0.15, 0.2) is 0 Å². The molecule has 4 heterocycles. The summed E-state index contributed by atoms with van der Waals surface area (Å²) in [6, 6.07) is 10.1. The van der Waals surface area contributed by atoms with E-state index in [-0.39, 0.29) is 16.1 Å². The Morgan fingerprint density at radius 2 is 1.72 bits per heavy atom. The van der Waals surface area contributed by atoms with Gasteiger partial charge >= 0.3 is 0 Å². The highest BCUT2D eigenvalue weighted by Gasteiger charge is 2.38. The number of benzene rings is 1.